The topological polar surface area (TPSA) is 44.8 Å². The number of hydrogen-bond acceptors (Lipinski definition) is 4. The van der Waals surface area contributed by atoms with E-state index in [1.807, 2.05) is 18.2 Å². The lowest BCUT2D eigenvalue weighted by atomic mass is 10.1. The Balaban J connectivity index is 1.24. The van der Waals surface area contributed by atoms with E-state index in [0.29, 0.717) is 10.2 Å². The summed E-state index contributed by atoms with van der Waals surface area (Å²) in [4.78, 5) is 17.6. The number of halogens is 2. The quantitative estimate of drug-likeness (QED) is 0.421. The highest BCUT2D eigenvalue weighted by Gasteiger charge is 2.20. The van der Waals surface area contributed by atoms with E-state index in [-0.39, 0.29) is 12.3 Å². The number of benzene rings is 3. The van der Waals surface area contributed by atoms with Crippen molar-refractivity contribution in [2.75, 3.05) is 38.1 Å². The number of carbonyl (C=O) groups is 1. The molecule has 0 bridgehead atoms. The van der Waals surface area contributed by atoms with Gasteiger partial charge >= 0.3 is 0 Å². The third-order valence-electron chi connectivity index (χ3n) is 5.58. The molecule has 1 aliphatic rings. The van der Waals surface area contributed by atoms with Gasteiger partial charge in [-0.15, -0.1) is 0 Å². The Bertz CT molecular complexity index is 1140. The van der Waals surface area contributed by atoms with Crippen molar-refractivity contribution in [3.63, 3.8) is 0 Å². The minimum absolute atomic E-state index is 0.112. The smallest absolute Gasteiger partial charge is 0.262 e. The van der Waals surface area contributed by atoms with E-state index in [4.69, 9.17) is 17.0 Å². The lowest BCUT2D eigenvalue weighted by Gasteiger charge is -2.36. The van der Waals surface area contributed by atoms with Crippen LogP contribution in [0.4, 0.5) is 10.1 Å². The molecule has 1 fully saturated rings. The Morgan fingerprint density at radius 3 is 2.38 bits per heavy atom. The molecule has 0 spiro atoms. The molecular weight excluding hydrogens is 517 g/mol. The first-order chi connectivity index (χ1) is 16.5. The van der Waals surface area contributed by atoms with Crippen molar-refractivity contribution in [2.24, 2.45) is 0 Å². The third kappa shape index (κ3) is 6.62. The predicted molar refractivity (Wildman–Crippen MR) is 140 cm³/mol. The summed E-state index contributed by atoms with van der Waals surface area (Å²) in [6.45, 7) is 4.43. The molecule has 3 aromatic carbocycles. The average Bonchev–Trinajstić information content (AvgIpc) is 2.85. The molecule has 0 aromatic heterocycles. The summed E-state index contributed by atoms with van der Waals surface area (Å²) in [5.41, 5.74) is 2.38. The standard InChI is InChI=1S/C26H25BrFN3O2S/c27-21-8-11-24(23(28)16-21)29-25(32)18-33-22-9-6-20(7-10-22)26(34)31-14-12-30(13-15-31)17-19-4-2-1-3-5-19/h1-11,16H,12-15,17-18H2,(H,29,32). The lowest BCUT2D eigenvalue weighted by molar-refractivity contribution is -0.118. The van der Waals surface area contributed by atoms with Crippen LogP contribution < -0.4 is 10.1 Å². The van der Waals surface area contributed by atoms with Crippen LogP contribution in [0.3, 0.4) is 0 Å². The van der Waals surface area contributed by atoms with Crippen LogP contribution in [0.5, 0.6) is 5.75 Å². The van der Waals surface area contributed by atoms with Gasteiger partial charge in [-0.2, -0.15) is 0 Å². The first-order valence-electron chi connectivity index (χ1n) is 11.0. The Morgan fingerprint density at radius 2 is 1.71 bits per heavy atom. The Morgan fingerprint density at radius 1 is 1.00 bits per heavy atom. The molecule has 0 unspecified atom stereocenters. The predicted octanol–water partition coefficient (Wildman–Crippen LogP) is 5.10. The number of nitrogens with one attached hydrogen (secondary N) is 1. The van der Waals surface area contributed by atoms with Gasteiger partial charge in [0.05, 0.1) is 5.69 Å². The number of hydrogen-bond donors (Lipinski definition) is 1. The first kappa shape index (κ1) is 24.3. The molecule has 0 atom stereocenters. The molecule has 1 aliphatic heterocycles. The first-order valence-corrected chi connectivity index (χ1v) is 12.2. The maximum atomic E-state index is 13.9. The van der Waals surface area contributed by atoms with Gasteiger partial charge in [-0.05, 0) is 48.0 Å². The lowest BCUT2D eigenvalue weighted by Crippen LogP contribution is -2.47. The average molecular weight is 542 g/mol. The van der Waals surface area contributed by atoms with E-state index < -0.39 is 11.7 Å². The molecule has 0 aliphatic carbocycles. The summed E-state index contributed by atoms with van der Waals surface area (Å²) in [6.07, 6.45) is 0. The number of nitrogens with zero attached hydrogens (tertiary/aromatic N) is 2. The summed E-state index contributed by atoms with van der Waals surface area (Å²) in [5.74, 6) is -0.402. The number of rotatable bonds is 7. The molecule has 0 saturated carbocycles. The van der Waals surface area contributed by atoms with Crippen LogP contribution in [0.25, 0.3) is 0 Å². The highest BCUT2D eigenvalue weighted by Crippen LogP contribution is 2.20. The van der Waals surface area contributed by atoms with Crippen LogP contribution in [0, 0.1) is 5.82 Å². The molecule has 176 valence electrons. The maximum Gasteiger partial charge on any atom is 0.262 e. The molecule has 1 heterocycles. The normalized spacial score (nSPS) is 14.0. The zero-order valence-electron chi connectivity index (χ0n) is 18.5. The third-order valence-corrected chi connectivity index (χ3v) is 6.57. The van der Waals surface area contributed by atoms with Gasteiger partial charge in [0.1, 0.15) is 16.6 Å². The molecule has 0 radical (unpaired) electrons. The van der Waals surface area contributed by atoms with Crippen molar-refractivity contribution in [3.05, 3.63) is 94.2 Å². The molecule has 8 heteroatoms. The van der Waals surface area contributed by atoms with Gasteiger partial charge in [-0.1, -0.05) is 58.5 Å². The van der Waals surface area contributed by atoms with E-state index in [9.17, 15) is 9.18 Å². The molecule has 5 nitrogen and oxygen atoms in total. The number of ether oxygens (including phenoxy) is 1. The number of thiocarbonyl (C=S) groups is 1. The SMILES string of the molecule is O=C(COc1ccc(C(=S)N2CCN(Cc3ccccc3)CC2)cc1)Nc1ccc(Br)cc1F. The van der Waals surface area contributed by atoms with Crippen LogP contribution in [0.15, 0.2) is 77.3 Å². The van der Waals surface area contributed by atoms with Crippen LogP contribution in [0.2, 0.25) is 0 Å². The zero-order valence-corrected chi connectivity index (χ0v) is 20.9. The summed E-state index contributed by atoms with van der Waals surface area (Å²) in [7, 11) is 0. The van der Waals surface area contributed by atoms with Gasteiger partial charge in [0.25, 0.3) is 5.91 Å². The van der Waals surface area contributed by atoms with Crippen LogP contribution >= 0.6 is 28.1 Å². The molecular formula is C26H25BrFN3O2S. The van der Waals surface area contributed by atoms with Crippen molar-refractivity contribution in [2.45, 2.75) is 6.54 Å². The number of amides is 1. The highest BCUT2D eigenvalue weighted by atomic mass is 79.9. The van der Waals surface area contributed by atoms with Gasteiger partial charge in [-0.3, -0.25) is 9.69 Å². The fraction of sp³-hybridized carbons (Fsp3) is 0.231. The fourth-order valence-corrected chi connectivity index (χ4v) is 4.40. The van der Waals surface area contributed by atoms with Crippen molar-refractivity contribution in [3.8, 4) is 5.75 Å². The highest BCUT2D eigenvalue weighted by molar-refractivity contribution is 9.10. The van der Waals surface area contributed by atoms with Gasteiger partial charge in [-0.25, -0.2) is 4.39 Å². The van der Waals surface area contributed by atoms with E-state index >= 15 is 0 Å². The summed E-state index contributed by atoms with van der Waals surface area (Å²) >= 11 is 8.90. The zero-order chi connectivity index (χ0) is 23.9. The van der Waals surface area contributed by atoms with Crippen LogP contribution in [-0.2, 0) is 11.3 Å². The molecule has 1 saturated heterocycles. The summed E-state index contributed by atoms with van der Waals surface area (Å²) in [5, 5.41) is 2.51. The second-order valence-electron chi connectivity index (χ2n) is 8.04. The number of piperazine rings is 1. The Labute approximate surface area is 212 Å². The van der Waals surface area contributed by atoms with Crippen molar-refractivity contribution in [1.82, 2.24) is 9.80 Å². The van der Waals surface area contributed by atoms with E-state index in [1.165, 1.54) is 17.7 Å². The van der Waals surface area contributed by atoms with Crippen LogP contribution in [0.1, 0.15) is 11.1 Å². The summed E-state index contributed by atoms with van der Waals surface area (Å²) in [6, 6.07) is 22.3. The van der Waals surface area contributed by atoms with Crippen molar-refractivity contribution in [1.29, 1.82) is 0 Å². The summed E-state index contributed by atoms with van der Waals surface area (Å²) < 4.78 is 20.0. The Hall–Kier alpha value is -2.81. The maximum absolute atomic E-state index is 13.9. The monoisotopic (exact) mass is 541 g/mol. The second-order valence-corrected chi connectivity index (χ2v) is 9.34. The van der Waals surface area contributed by atoms with E-state index in [1.54, 1.807) is 18.2 Å². The molecule has 34 heavy (non-hydrogen) atoms. The molecule has 4 rings (SSSR count). The van der Waals surface area contributed by atoms with Gasteiger partial charge < -0.3 is 15.0 Å². The molecule has 1 N–H and O–H groups in total. The largest absolute Gasteiger partial charge is 0.484 e. The number of carbonyl (C=O) groups excluding carboxylic acids is 1. The van der Waals surface area contributed by atoms with E-state index in [0.717, 1.165) is 43.3 Å². The molecule has 1 amide bonds. The van der Waals surface area contributed by atoms with Crippen LogP contribution in [-0.4, -0.2) is 53.5 Å². The Kier molecular flexibility index (Phi) is 8.26. The minimum atomic E-state index is -0.513. The van der Waals surface area contributed by atoms with Crippen molar-refractivity contribution >= 4 is 44.7 Å². The van der Waals surface area contributed by atoms with Crippen molar-refractivity contribution < 1.29 is 13.9 Å². The fourth-order valence-electron chi connectivity index (χ4n) is 3.75. The van der Waals surface area contributed by atoms with E-state index in [2.05, 4.69) is 55.3 Å². The van der Waals surface area contributed by atoms with Gasteiger partial charge in [0, 0.05) is 42.8 Å². The van der Waals surface area contributed by atoms with Gasteiger partial charge in [0.15, 0.2) is 6.61 Å². The van der Waals surface area contributed by atoms with Gasteiger partial charge in [0.2, 0.25) is 0 Å². The second kappa shape index (κ2) is 11.6. The number of anilines is 1. The molecule has 3 aromatic rings. The minimum Gasteiger partial charge on any atom is -0.484 e.